The van der Waals surface area contributed by atoms with Crippen molar-refractivity contribution in [3.05, 3.63) is 17.8 Å². The molecule has 0 bridgehead atoms. The van der Waals surface area contributed by atoms with Crippen LogP contribution in [0.2, 0.25) is 0 Å². The molecule has 2 rings (SSSR count). The first kappa shape index (κ1) is 8.04. The number of pyridine rings is 1. The molecule has 0 radical (unpaired) electrons. The van der Waals surface area contributed by atoms with E-state index >= 15 is 0 Å². The van der Waals surface area contributed by atoms with Crippen LogP contribution in [0.4, 0.5) is 5.69 Å². The number of carbonyl (C=O) groups excluding carboxylic acids is 1. The average Bonchev–Trinajstić information content (AvgIpc) is 2.12. The summed E-state index contributed by atoms with van der Waals surface area (Å²) in [6, 6.07) is 1.89. The fourth-order valence-electron chi connectivity index (χ4n) is 1.25. The van der Waals surface area contributed by atoms with E-state index in [0.717, 1.165) is 11.3 Å². The topological polar surface area (TPSA) is 42.4 Å². The molecule has 0 aliphatic carbocycles. The van der Waals surface area contributed by atoms with Crippen LogP contribution in [0.5, 0.6) is 5.88 Å². The minimum Gasteiger partial charge on any atom is -0.466 e. The lowest BCUT2D eigenvalue weighted by molar-refractivity contribution is -0.121. The number of ether oxygens (including phenoxy) is 1. The van der Waals surface area contributed by atoms with Crippen molar-refractivity contribution in [3.63, 3.8) is 0 Å². The SMILES string of the molecule is Cc1cnc2c(c1)N(C)C(=O)CO2. The first-order valence-corrected chi connectivity index (χ1v) is 4.04. The number of aromatic nitrogens is 1. The van der Waals surface area contributed by atoms with Gasteiger partial charge in [-0.1, -0.05) is 0 Å². The summed E-state index contributed by atoms with van der Waals surface area (Å²) >= 11 is 0. The molecule has 4 nitrogen and oxygen atoms in total. The van der Waals surface area contributed by atoms with Gasteiger partial charge in [-0.25, -0.2) is 4.98 Å². The quantitative estimate of drug-likeness (QED) is 0.588. The van der Waals surface area contributed by atoms with E-state index < -0.39 is 0 Å². The van der Waals surface area contributed by atoms with E-state index in [2.05, 4.69) is 4.98 Å². The lowest BCUT2D eigenvalue weighted by atomic mass is 10.2. The Balaban J connectivity index is 2.51. The molecule has 0 atom stereocenters. The molecule has 2 heterocycles. The summed E-state index contributed by atoms with van der Waals surface area (Å²) in [6.07, 6.45) is 1.72. The Labute approximate surface area is 76.1 Å². The average molecular weight is 178 g/mol. The molecule has 0 saturated heterocycles. The van der Waals surface area contributed by atoms with Crippen LogP contribution in [0, 0.1) is 6.92 Å². The minimum absolute atomic E-state index is 0.0418. The number of amides is 1. The number of carbonyl (C=O) groups is 1. The molecule has 0 fully saturated rings. The van der Waals surface area contributed by atoms with Gasteiger partial charge in [0.2, 0.25) is 5.88 Å². The molecule has 1 aromatic rings. The third kappa shape index (κ3) is 1.24. The number of nitrogens with zero attached hydrogens (tertiary/aromatic N) is 2. The van der Waals surface area contributed by atoms with Crippen molar-refractivity contribution in [3.8, 4) is 5.88 Å². The van der Waals surface area contributed by atoms with Gasteiger partial charge in [-0.15, -0.1) is 0 Å². The third-order valence-electron chi connectivity index (χ3n) is 2.04. The summed E-state index contributed by atoms with van der Waals surface area (Å²) in [5.41, 5.74) is 1.76. The lowest BCUT2D eigenvalue weighted by Gasteiger charge is -2.24. The molecule has 1 aliphatic heterocycles. The number of rotatable bonds is 0. The highest BCUT2D eigenvalue weighted by Crippen LogP contribution is 2.28. The zero-order valence-electron chi connectivity index (χ0n) is 7.57. The standard InChI is InChI=1S/C9H10N2O2/c1-6-3-7-9(10-4-6)13-5-8(12)11(7)2/h3-4H,5H2,1-2H3. The predicted molar refractivity (Wildman–Crippen MR) is 47.9 cm³/mol. The van der Waals surface area contributed by atoms with Gasteiger partial charge >= 0.3 is 0 Å². The van der Waals surface area contributed by atoms with Gasteiger partial charge in [0.25, 0.3) is 5.91 Å². The number of aryl methyl sites for hydroxylation is 1. The number of likely N-dealkylation sites (N-methyl/N-ethyl adjacent to an activating group) is 1. The van der Waals surface area contributed by atoms with Gasteiger partial charge in [0.1, 0.15) is 5.69 Å². The Hall–Kier alpha value is -1.58. The molecule has 1 amide bonds. The van der Waals surface area contributed by atoms with E-state index in [1.54, 1.807) is 18.1 Å². The summed E-state index contributed by atoms with van der Waals surface area (Å²) < 4.78 is 5.16. The van der Waals surface area contributed by atoms with Crippen LogP contribution in [0.15, 0.2) is 12.3 Å². The summed E-state index contributed by atoms with van der Waals surface area (Å²) in [4.78, 5) is 16.9. The van der Waals surface area contributed by atoms with Crippen LogP contribution in [0.3, 0.4) is 0 Å². The second-order valence-electron chi connectivity index (χ2n) is 3.08. The maximum absolute atomic E-state index is 11.2. The minimum atomic E-state index is -0.0418. The van der Waals surface area contributed by atoms with Gasteiger partial charge in [-0.3, -0.25) is 4.79 Å². The van der Waals surface area contributed by atoms with Gasteiger partial charge in [-0.2, -0.15) is 0 Å². The van der Waals surface area contributed by atoms with Crippen LogP contribution in [-0.2, 0) is 4.79 Å². The van der Waals surface area contributed by atoms with Gasteiger partial charge in [0.15, 0.2) is 6.61 Å². The monoisotopic (exact) mass is 178 g/mol. The molecule has 4 heteroatoms. The molecule has 0 spiro atoms. The van der Waals surface area contributed by atoms with Gasteiger partial charge in [0, 0.05) is 13.2 Å². The van der Waals surface area contributed by atoms with Gasteiger partial charge in [-0.05, 0) is 18.6 Å². The van der Waals surface area contributed by atoms with Crippen molar-refractivity contribution in [2.75, 3.05) is 18.6 Å². The van der Waals surface area contributed by atoms with E-state index in [0.29, 0.717) is 5.88 Å². The van der Waals surface area contributed by atoms with E-state index in [1.165, 1.54) is 0 Å². The molecule has 0 unspecified atom stereocenters. The van der Waals surface area contributed by atoms with Crippen LogP contribution in [0.25, 0.3) is 0 Å². The molecule has 1 aliphatic rings. The fourth-order valence-corrected chi connectivity index (χ4v) is 1.25. The molecular weight excluding hydrogens is 168 g/mol. The van der Waals surface area contributed by atoms with Crippen molar-refractivity contribution in [1.82, 2.24) is 4.98 Å². The van der Waals surface area contributed by atoms with E-state index in [9.17, 15) is 4.79 Å². The second kappa shape index (κ2) is 2.73. The molecule has 0 aromatic carbocycles. The second-order valence-corrected chi connectivity index (χ2v) is 3.08. The Bertz CT molecular complexity index is 363. The Morgan fingerprint density at radius 1 is 1.62 bits per heavy atom. The highest BCUT2D eigenvalue weighted by molar-refractivity contribution is 5.96. The highest BCUT2D eigenvalue weighted by Gasteiger charge is 2.22. The molecular formula is C9H10N2O2. The van der Waals surface area contributed by atoms with Crippen molar-refractivity contribution in [1.29, 1.82) is 0 Å². The normalized spacial score (nSPS) is 15.2. The Morgan fingerprint density at radius 3 is 3.15 bits per heavy atom. The van der Waals surface area contributed by atoms with E-state index in [-0.39, 0.29) is 12.5 Å². The lowest BCUT2D eigenvalue weighted by Crippen LogP contribution is -2.35. The predicted octanol–water partition coefficient (Wildman–Crippen LogP) is 0.745. The van der Waals surface area contributed by atoms with Crippen molar-refractivity contribution < 1.29 is 9.53 Å². The first-order chi connectivity index (χ1) is 6.18. The maximum atomic E-state index is 11.2. The van der Waals surface area contributed by atoms with Crippen molar-refractivity contribution in [2.45, 2.75) is 6.92 Å². The Kier molecular flexibility index (Phi) is 1.69. The molecule has 1 aromatic heterocycles. The summed E-state index contributed by atoms with van der Waals surface area (Å²) in [7, 11) is 1.73. The van der Waals surface area contributed by atoms with E-state index in [1.807, 2.05) is 13.0 Å². The van der Waals surface area contributed by atoms with Crippen LogP contribution in [0.1, 0.15) is 5.56 Å². The van der Waals surface area contributed by atoms with Crippen LogP contribution >= 0.6 is 0 Å². The molecule has 13 heavy (non-hydrogen) atoms. The smallest absolute Gasteiger partial charge is 0.264 e. The summed E-state index contributed by atoms with van der Waals surface area (Å²) in [5, 5.41) is 0. The number of hydrogen-bond donors (Lipinski definition) is 0. The molecule has 0 N–H and O–H groups in total. The zero-order valence-corrected chi connectivity index (χ0v) is 7.57. The van der Waals surface area contributed by atoms with Gasteiger partial charge < -0.3 is 9.64 Å². The number of anilines is 1. The fraction of sp³-hybridized carbons (Fsp3) is 0.333. The largest absolute Gasteiger partial charge is 0.466 e. The first-order valence-electron chi connectivity index (χ1n) is 4.04. The zero-order chi connectivity index (χ0) is 9.42. The number of hydrogen-bond acceptors (Lipinski definition) is 3. The van der Waals surface area contributed by atoms with Crippen LogP contribution < -0.4 is 9.64 Å². The molecule has 0 saturated carbocycles. The van der Waals surface area contributed by atoms with Crippen molar-refractivity contribution >= 4 is 11.6 Å². The van der Waals surface area contributed by atoms with Crippen LogP contribution in [-0.4, -0.2) is 24.5 Å². The van der Waals surface area contributed by atoms with E-state index in [4.69, 9.17) is 4.74 Å². The van der Waals surface area contributed by atoms with Crippen molar-refractivity contribution in [2.24, 2.45) is 0 Å². The third-order valence-corrected chi connectivity index (χ3v) is 2.04. The highest BCUT2D eigenvalue weighted by atomic mass is 16.5. The summed E-state index contributed by atoms with van der Waals surface area (Å²) in [5.74, 6) is 0.493. The molecule has 68 valence electrons. The number of fused-ring (bicyclic) bond motifs is 1. The summed E-state index contributed by atoms with van der Waals surface area (Å²) in [6.45, 7) is 2.01. The van der Waals surface area contributed by atoms with Gasteiger partial charge in [0.05, 0.1) is 0 Å². The Morgan fingerprint density at radius 2 is 2.38 bits per heavy atom. The maximum Gasteiger partial charge on any atom is 0.264 e.